The number of hydrogen-bond donors (Lipinski definition) is 2. The molecule has 2 N–H and O–H groups in total. The molecule has 4 heteroatoms. The Labute approximate surface area is 124 Å². The summed E-state index contributed by atoms with van der Waals surface area (Å²) in [6.45, 7) is 13.4. The topological polar surface area (TPSA) is 39.7 Å². The Hall–Kier alpha value is -0.770. The average molecular weight is 280 g/mol. The second-order valence-electron chi connectivity index (χ2n) is 6.78. The summed E-state index contributed by atoms with van der Waals surface area (Å²) in [6.07, 6.45) is 3.93. The first-order valence-electron chi connectivity index (χ1n) is 8.39. The highest BCUT2D eigenvalue weighted by Crippen LogP contribution is 2.28. The third-order valence-electron chi connectivity index (χ3n) is 4.56. The first-order chi connectivity index (χ1) is 9.60. The normalized spacial score (nSPS) is 31.4. The van der Waals surface area contributed by atoms with Crippen molar-refractivity contribution in [3.05, 3.63) is 0 Å². The van der Waals surface area contributed by atoms with Gasteiger partial charge in [0.25, 0.3) is 0 Å². The molecule has 3 atom stereocenters. The summed E-state index contributed by atoms with van der Waals surface area (Å²) in [5.41, 5.74) is 0. The second-order valence-corrected chi connectivity index (χ2v) is 6.78. The molecule has 0 spiro atoms. The van der Waals surface area contributed by atoms with Crippen LogP contribution in [0.3, 0.4) is 0 Å². The van der Waals surface area contributed by atoms with E-state index in [0.29, 0.717) is 12.1 Å². The third-order valence-corrected chi connectivity index (χ3v) is 4.56. The largest absolute Gasteiger partial charge is 0.357 e. The summed E-state index contributed by atoms with van der Waals surface area (Å²) < 4.78 is 0. The van der Waals surface area contributed by atoms with Gasteiger partial charge in [-0.15, -0.1) is 0 Å². The van der Waals surface area contributed by atoms with Gasteiger partial charge in [0.15, 0.2) is 5.96 Å². The van der Waals surface area contributed by atoms with Gasteiger partial charge in [-0.2, -0.15) is 0 Å². The van der Waals surface area contributed by atoms with Crippen molar-refractivity contribution >= 4 is 5.96 Å². The molecular weight excluding hydrogens is 248 g/mol. The lowest BCUT2D eigenvalue weighted by Crippen LogP contribution is -2.42. The molecule has 2 rings (SSSR count). The van der Waals surface area contributed by atoms with Gasteiger partial charge in [0.1, 0.15) is 0 Å². The molecule has 1 aliphatic heterocycles. The molecule has 0 aromatic carbocycles. The van der Waals surface area contributed by atoms with Crippen molar-refractivity contribution in [1.82, 2.24) is 15.5 Å². The number of rotatable bonds is 5. The third kappa shape index (κ3) is 4.65. The Morgan fingerprint density at radius 3 is 2.75 bits per heavy atom. The van der Waals surface area contributed by atoms with E-state index in [1.807, 2.05) is 0 Å². The minimum absolute atomic E-state index is 0.645. The van der Waals surface area contributed by atoms with E-state index in [1.54, 1.807) is 0 Å². The molecule has 1 heterocycles. The Bertz CT molecular complexity index is 326. The minimum Gasteiger partial charge on any atom is -0.357 e. The van der Waals surface area contributed by atoms with Crippen LogP contribution in [0.5, 0.6) is 0 Å². The fourth-order valence-corrected chi connectivity index (χ4v) is 2.95. The van der Waals surface area contributed by atoms with Gasteiger partial charge < -0.3 is 15.5 Å². The van der Waals surface area contributed by atoms with Gasteiger partial charge in [-0.05, 0) is 58.4 Å². The van der Waals surface area contributed by atoms with Gasteiger partial charge in [-0.25, -0.2) is 0 Å². The van der Waals surface area contributed by atoms with Crippen LogP contribution >= 0.6 is 0 Å². The van der Waals surface area contributed by atoms with Crippen LogP contribution in [0.1, 0.15) is 47.0 Å². The Balaban J connectivity index is 1.81. The van der Waals surface area contributed by atoms with Gasteiger partial charge in [0.2, 0.25) is 0 Å². The molecule has 0 bridgehead atoms. The van der Waals surface area contributed by atoms with E-state index in [2.05, 4.69) is 43.2 Å². The van der Waals surface area contributed by atoms with E-state index in [0.717, 1.165) is 30.9 Å². The van der Waals surface area contributed by atoms with Gasteiger partial charge in [0.05, 0.1) is 0 Å². The molecule has 20 heavy (non-hydrogen) atoms. The Morgan fingerprint density at radius 2 is 2.15 bits per heavy atom. The smallest absolute Gasteiger partial charge is 0.191 e. The highest BCUT2D eigenvalue weighted by molar-refractivity contribution is 5.80. The molecule has 2 fully saturated rings. The number of hydrogen-bond acceptors (Lipinski definition) is 2. The fraction of sp³-hybridized carbons (Fsp3) is 0.938. The van der Waals surface area contributed by atoms with E-state index in [1.165, 1.54) is 32.4 Å². The number of nitrogens with one attached hydrogen (secondary N) is 2. The van der Waals surface area contributed by atoms with Crippen molar-refractivity contribution in [3.63, 3.8) is 0 Å². The van der Waals surface area contributed by atoms with Crippen molar-refractivity contribution < 1.29 is 0 Å². The van der Waals surface area contributed by atoms with Crippen LogP contribution < -0.4 is 10.6 Å². The average Bonchev–Trinajstić information content (AvgIpc) is 3.12. The van der Waals surface area contributed by atoms with Crippen molar-refractivity contribution in [1.29, 1.82) is 0 Å². The van der Waals surface area contributed by atoms with Crippen LogP contribution in [0.25, 0.3) is 0 Å². The molecule has 2 aliphatic rings. The van der Waals surface area contributed by atoms with E-state index < -0.39 is 0 Å². The summed E-state index contributed by atoms with van der Waals surface area (Å²) in [6, 6.07) is 1.31. The quantitative estimate of drug-likeness (QED) is 0.598. The molecule has 1 aliphatic carbocycles. The van der Waals surface area contributed by atoms with E-state index >= 15 is 0 Å². The van der Waals surface area contributed by atoms with Gasteiger partial charge in [-0.1, -0.05) is 6.92 Å². The first kappa shape index (κ1) is 15.6. The molecule has 3 unspecified atom stereocenters. The van der Waals surface area contributed by atoms with Crippen molar-refractivity contribution in [3.8, 4) is 0 Å². The molecule has 4 nitrogen and oxygen atoms in total. The minimum atomic E-state index is 0.645. The number of piperidine rings is 1. The molecule has 1 saturated heterocycles. The monoisotopic (exact) mass is 280 g/mol. The molecular formula is C16H32N4. The Kier molecular flexibility index (Phi) is 5.70. The zero-order valence-electron chi connectivity index (χ0n) is 13.7. The van der Waals surface area contributed by atoms with Crippen LogP contribution in [-0.4, -0.2) is 49.1 Å². The van der Waals surface area contributed by atoms with Crippen LogP contribution in [-0.2, 0) is 0 Å². The summed E-state index contributed by atoms with van der Waals surface area (Å²) in [7, 11) is 0. The molecule has 0 amide bonds. The van der Waals surface area contributed by atoms with Gasteiger partial charge in [-0.3, -0.25) is 4.99 Å². The van der Waals surface area contributed by atoms with Crippen molar-refractivity contribution in [2.75, 3.05) is 26.2 Å². The molecule has 1 saturated carbocycles. The summed E-state index contributed by atoms with van der Waals surface area (Å²) >= 11 is 0. The summed E-state index contributed by atoms with van der Waals surface area (Å²) in [5, 5.41) is 6.91. The molecule has 0 aromatic heterocycles. The van der Waals surface area contributed by atoms with Crippen LogP contribution in [0.15, 0.2) is 4.99 Å². The maximum atomic E-state index is 4.81. The van der Waals surface area contributed by atoms with Crippen molar-refractivity contribution in [2.45, 2.75) is 59.0 Å². The summed E-state index contributed by atoms with van der Waals surface area (Å²) in [5.74, 6) is 2.55. The van der Waals surface area contributed by atoms with Crippen LogP contribution in [0.2, 0.25) is 0 Å². The first-order valence-corrected chi connectivity index (χ1v) is 8.39. The predicted octanol–water partition coefficient (Wildman–Crippen LogP) is 2.07. The second kappa shape index (κ2) is 7.30. The SMILES string of the molecule is CCNC(=NCC1CCCN(C(C)C)C1)NC1CC1C. The lowest BCUT2D eigenvalue weighted by Gasteiger charge is -2.34. The maximum Gasteiger partial charge on any atom is 0.191 e. The standard InChI is InChI=1S/C16H32N4/c1-5-17-16(19-15-9-13(15)4)18-10-14-7-6-8-20(11-14)12(2)3/h12-15H,5-11H2,1-4H3,(H2,17,18,19). The predicted molar refractivity (Wildman–Crippen MR) is 86.1 cm³/mol. The number of aliphatic imine (C=N–C) groups is 1. The lowest BCUT2D eigenvalue weighted by atomic mass is 9.97. The maximum absolute atomic E-state index is 4.81. The number of nitrogens with zero attached hydrogens (tertiary/aromatic N) is 2. The van der Waals surface area contributed by atoms with Crippen LogP contribution in [0.4, 0.5) is 0 Å². The highest BCUT2D eigenvalue weighted by atomic mass is 15.2. The van der Waals surface area contributed by atoms with Crippen LogP contribution in [0, 0.1) is 11.8 Å². The zero-order valence-corrected chi connectivity index (χ0v) is 13.7. The van der Waals surface area contributed by atoms with E-state index in [4.69, 9.17) is 4.99 Å². The molecule has 116 valence electrons. The van der Waals surface area contributed by atoms with E-state index in [-0.39, 0.29) is 0 Å². The van der Waals surface area contributed by atoms with E-state index in [9.17, 15) is 0 Å². The Morgan fingerprint density at radius 1 is 1.40 bits per heavy atom. The van der Waals surface area contributed by atoms with Gasteiger partial charge in [0, 0.05) is 31.7 Å². The number of guanidine groups is 1. The lowest BCUT2D eigenvalue weighted by molar-refractivity contribution is 0.143. The van der Waals surface area contributed by atoms with Gasteiger partial charge >= 0.3 is 0 Å². The zero-order chi connectivity index (χ0) is 14.5. The van der Waals surface area contributed by atoms with Crippen molar-refractivity contribution in [2.24, 2.45) is 16.8 Å². The molecule has 0 aromatic rings. The summed E-state index contributed by atoms with van der Waals surface area (Å²) in [4.78, 5) is 7.40. The fourth-order valence-electron chi connectivity index (χ4n) is 2.95. The number of likely N-dealkylation sites (tertiary alicyclic amines) is 1. The molecule has 0 radical (unpaired) electrons. The highest BCUT2D eigenvalue weighted by Gasteiger charge is 2.33.